The molecule has 2 N–H and O–H groups in total. The first-order valence-corrected chi connectivity index (χ1v) is 8.65. The fraction of sp³-hybridized carbons (Fsp3) is 0.571. The van der Waals surface area contributed by atoms with Gasteiger partial charge in [-0.15, -0.1) is 0 Å². The summed E-state index contributed by atoms with van der Waals surface area (Å²) in [5.41, 5.74) is 7.24. The van der Waals surface area contributed by atoms with Crippen molar-refractivity contribution in [2.24, 2.45) is 17.6 Å². The molecule has 3 rings (SSSR count). The molecule has 1 aromatic carbocycles. The predicted molar refractivity (Wildman–Crippen MR) is 76.0 cm³/mol. The van der Waals surface area contributed by atoms with E-state index in [0.29, 0.717) is 22.8 Å². The minimum Gasteiger partial charge on any atom is -0.371 e. The molecule has 2 fully saturated rings. The molecule has 0 aromatic heterocycles. The van der Waals surface area contributed by atoms with Gasteiger partial charge >= 0.3 is 0 Å². The van der Waals surface area contributed by atoms with Crippen molar-refractivity contribution in [2.45, 2.75) is 23.8 Å². The average Bonchev–Trinajstić information content (AvgIpc) is 2.91. The van der Waals surface area contributed by atoms with Crippen molar-refractivity contribution in [1.82, 2.24) is 0 Å². The van der Waals surface area contributed by atoms with Crippen LogP contribution in [0.1, 0.15) is 12.8 Å². The van der Waals surface area contributed by atoms with Crippen LogP contribution in [-0.2, 0) is 9.84 Å². The van der Waals surface area contributed by atoms with E-state index in [2.05, 4.69) is 4.90 Å². The molecule has 1 aliphatic heterocycles. The van der Waals surface area contributed by atoms with Crippen molar-refractivity contribution in [1.29, 1.82) is 0 Å². The Balaban J connectivity index is 1.78. The molecule has 1 saturated heterocycles. The largest absolute Gasteiger partial charge is 0.371 e. The molecular weight excluding hydrogens is 260 g/mol. The van der Waals surface area contributed by atoms with E-state index in [9.17, 15) is 8.42 Å². The van der Waals surface area contributed by atoms with Gasteiger partial charge in [-0.05, 0) is 48.9 Å². The number of hydrogen-bond acceptors (Lipinski definition) is 4. The molecule has 0 radical (unpaired) electrons. The zero-order chi connectivity index (χ0) is 13.6. The second kappa shape index (κ2) is 4.49. The van der Waals surface area contributed by atoms with Crippen LogP contribution in [0.4, 0.5) is 5.69 Å². The number of nitrogens with zero attached hydrogens (tertiary/aromatic N) is 1. The Morgan fingerprint density at radius 2 is 1.84 bits per heavy atom. The van der Waals surface area contributed by atoms with E-state index in [0.717, 1.165) is 25.2 Å². The second-order valence-electron chi connectivity index (χ2n) is 5.84. The zero-order valence-corrected chi connectivity index (χ0v) is 11.9. The van der Waals surface area contributed by atoms with Gasteiger partial charge in [0.05, 0.1) is 4.90 Å². The van der Waals surface area contributed by atoms with E-state index in [1.807, 2.05) is 12.1 Å². The summed E-state index contributed by atoms with van der Waals surface area (Å²) < 4.78 is 22.9. The Bertz CT molecular complexity index is 568. The first-order valence-electron chi connectivity index (χ1n) is 6.76. The van der Waals surface area contributed by atoms with Crippen molar-refractivity contribution in [3.8, 4) is 0 Å². The smallest absolute Gasteiger partial charge is 0.175 e. The van der Waals surface area contributed by atoms with Gasteiger partial charge in [-0.3, -0.25) is 0 Å². The number of anilines is 1. The standard InChI is InChI=1S/C14H20N2O2S/c1-19(17,18)12-5-3-11(4-6-12)16-8-10-2-7-14(15)13(10)9-16/h3-6,10,13-14H,2,7-9,15H2,1H3. The topological polar surface area (TPSA) is 63.4 Å². The molecule has 1 aromatic rings. The molecule has 1 heterocycles. The number of benzene rings is 1. The Labute approximate surface area is 114 Å². The van der Waals surface area contributed by atoms with Gasteiger partial charge in [-0.1, -0.05) is 0 Å². The third-order valence-electron chi connectivity index (χ3n) is 4.54. The molecule has 4 nitrogen and oxygen atoms in total. The van der Waals surface area contributed by atoms with Crippen LogP contribution in [0.5, 0.6) is 0 Å². The highest BCUT2D eigenvalue weighted by Gasteiger charge is 2.40. The lowest BCUT2D eigenvalue weighted by atomic mass is 9.98. The molecule has 3 atom stereocenters. The SMILES string of the molecule is CS(=O)(=O)c1ccc(N2CC3CCC(N)C3C2)cc1. The predicted octanol–water partition coefficient (Wildman–Crippen LogP) is 1.26. The van der Waals surface area contributed by atoms with Crippen molar-refractivity contribution in [2.75, 3.05) is 24.2 Å². The van der Waals surface area contributed by atoms with E-state index in [-0.39, 0.29) is 0 Å². The van der Waals surface area contributed by atoms with E-state index in [1.54, 1.807) is 12.1 Å². The maximum atomic E-state index is 11.4. The van der Waals surface area contributed by atoms with Gasteiger partial charge in [-0.2, -0.15) is 0 Å². The quantitative estimate of drug-likeness (QED) is 0.886. The van der Waals surface area contributed by atoms with Crippen LogP contribution in [0, 0.1) is 11.8 Å². The lowest BCUT2D eigenvalue weighted by Crippen LogP contribution is -2.30. The Morgan fingerprint density at radius 1 is 1.16 bits per heavy atom. The summed E-state index contributed by atoms with van der Waals surface area (Å²) in [5, 5.41) is 0. The molecule has 5 heteroatoms. The van der Waals surface area contributed by atoms with E-state index in [1.165, 1.54) is 12.7 Å². The maximum absolute atomic E-state index is 11.4. The lowest BCUT2D eigenvalue weighted by molar-refractivity contribution is 0.453. The first-order chi connectivity index (χ1) is 8.95. The van der Waals surface area contributed by atoms with Crippen LogP contribution in [0.3, 0.4) is 0 Å². The summed E-state index contributed by atoms with van der Waals surface area (Å²) in [6, 6.07) is 7.54. The van der Waals surface area contributed by atoms with E-state index >= 15 is 0 Å². The molecule has 104 valence electrons. The molecule has 0 spiro atoms. The lowest BCUT2D eigenvalue weighted by Gasteiger charge is -2.21. The highest BCUT2D eigenvalue weighted by atomic mass is 32.2. The van der Waals surface area contributed by atoms with Crippen LogP contribution in [-0.4, -0.2) is 33.8 Å². The monoisotopic (exact) mass is 280 g/mol. The number of fused-ring (bicyclic) bond motifs is 1. The fourth-order valence-electron chi connectivity index (χ4n) is 3.42. The van der Waals surface area contributed by atoms with Gasteiger partial charge < -0.3 is 10.6 Å². The minimum atomic E-state index is -3.11. The Hall–Kier alpha value is -1.07. The molecule has 19 heavy (non-hydrogen) atoms. The van der Waals surface area contributed by atoms with Gasteiger partial charge in [0.15, 0.2) is 9.84 Å². The number of sulfone groups is 1. The number of hydrogen-bond donors (Lipinski definition) is 1. The van der Waals surface area contributed by atoms with Gasteiger partial charge in [0.2, 0.25) is 0 Å². The van der Waals surface area contributed by atoms with Crippen LogP contribution < -0.4 is 10.6 Å². The summed E-state index contributed by atoms with van der Waals surface area (Å²) in [6.07, 6.45) is 3.61. The minimum absolute atomic E-state index is 0.338. The molecule has 1 saturated carbocycles. The third kappa shape index (κ3) is 2.37. The van der Waals surface area contributed by atoms with Crippen LogP contribution >= 0.6 is 0 Å². The van der Waals surface area contributed by atoms with Crippen molar-refractivity contribution in [3.05, 3.63) is 24.3 Å². The third-order valence-corrected chi connectivity index (χ3v) is 5.67. The average molecular weight is 280 g/mol. The molecule has 1 aliphatic carbocycles. The Morgan fingerprint density at radius 3 is 2.42 bits per heavy atom. The van der Waals surface area contributed by atoms with Crippen LogP contribution in [0.25, 0.3) is 0 Å². The molecule has 3 unspecified atom stereocenters. The highest BCUT2D eigenvalue weighted by molar-refractivity contribution is 7.90. The summed E-state index contributed by atoms with van der Waals surface area (Å²) >= 11 is 0. The normalized spacial score (nSPS) is 30.6. The summed E-state index contributed by atoms with van der Waals surface area (Å²) in [7, 11) is -3.11. The van der Waals surface area contributed by atoms with E-state index < -0.39 is 9.84 Å². The van der Waals surface area contributed by atoms with Crippen molar-refractivity contribution >= 4 is 15.5 Å². The van der Waals surface area contributed by atoms with Gasteiger partial charge in [0.25, 0.3) is 0 Å². The maximum Gasteiger partial charge on any atom is 0.175 e. The highest BCUT2D eigenvalue weighted by Crippen LogP contribution is 2.39. The first kappa shape index (κ1) is 12.9. The molecule has 0 amide bonds. The fourth-order valence-corrected chi connectivity index (χ4v) is 4.05. The van der Waals surface area contributed by atoms with Crippen molar-refractivity contribution in [3.63, 3.8) is 0 Å². The van der Waals surface area contributed by atoms with Gasteiger partial charge in [0, 0.05) is 31.1 Å². The van der Waals surface area contributed by atoms with Crippen molar-refractivity contribution < 1.29 is 8.42 Å². The van der Waals surface area contributed by atoms with Crippen LogP contribution in [0.2, 0.25) is 0 Å². The summed E-state index contributed by atoms with van der Waals surface area (Å²) in [6.45, 7) is 2.06. The summed E-state index contributed by atoms with van der Waals surface area (Å²) in [4.78, 5) is 2.72. The van der Waals surface area contributed by atoms with Gasteiger partial charge in [0.1, 0.15) is 0 Å². The summed E-state index contributed by atoms with van der Waals surface area (Å²) in [5.74, 6) is 1.32. The number of rotatable bonds is 2. The Kier molecular flexibility index (Phi) is 3.06. The molecular formula is C14H20N2O2S. The zero-order valence-electron chi connectivity index (χ0n) is 11.1. The van der Waals surface area contributed by atoms with Gasteiger partial charge in [-0.25, -0.2) is 8.42 Å². The molecule has 2 aliphatic rings. The number of nitrogens with two attached hydrogens (primary N) is 1. The second-order valence-corrected chi connectivity index (χ2v) is 7.85. The van der Waals surface area contributed by atoms with E-state index in [4.69, 9.17) is 5.73 Å². The molecule has 0 bridgehead atoms. The van der Waals surface area contributed by atoms with Crippen LogP contribution in [0.15, 0.2) is 29.2 Å².